The quantitative estimate of drug-likeness (QED) is 0.598. The van der Waals surface area contributed by atoms with Crippen molar-refractivity contribution in [3.05, 3.63) is 41.5 Å². The molecule has 0 radical (unpaired) electrons. The van der Waals surface area contributed by atoms with Crippen LogP contribution in [0.25, 0.3) is 0 Å². The molecule has 26 heavy (non-hydrogen) atoms. The molecule has 2 N–H and O–H groups in total. The number of nitrogens with zero attached hydrogens (tertiary/aromatic N) is 1. The van der Waals surface area contributed by atoms with E-state index >= 15 is 0 Å². The standard InChI is InChI=1S/C21H24N2O3/c1-3-11-12-8-15-18-21(13-6-4-5-7-14(13)22-18)9-16(23(15)20(11)25)17(12)19(21)26-10(2)24/h3-7,12,15-20,22,25H,8-9H2,1-2H3/b11-3+/t12-,15-,16-,17?,18-,19?,20+,21+/m0/s1. The number of nitrogens with one attached hydrogen (secondary N) is 1. The van der Waals surface area contributed by atoms with Crippen molar-refractivity contribution >= 4 is 11.7 Å². The lowest BCUT2D eigenvalue weighted by molar-refractivity contribution is -0.156. The van der Waals surface area contributed by atoms with E-state index in [1.54, 1.807) is 0 Å². The van der Waals surface area contributed by atoms with E-state index in [2.05, 4.69) is 40.6 Å². The lowest BCUT2D eigenvalue weighted by Crippen LogP contribution is -2.70. The Balaban J connectivity index is 1.59. The van der Waals surface area contributed by atoms with Crippen LogP contribution in [-0.2, 0) is 14.9 Å². The molecule has 1 aromatic carbocycles. The van der Waals surface area contributed by atoms with Crippen LogP contribution >= 0.6 is 0 Å². The molecule has 5 bridgehead atoms. The molecule has 7 rings (SSSR count). The summed E-state index contributed by atoms with van der Waals surface area (Å²) in [6.45, 7) is 3.54. The molecule has 5 fully saturated rings. The SMILES string of the molecule is C/C=C1/[C@@H](O)N2[C@H]3C[C@@]45c6ccccc6N[C@H]4[C@@H]2C[C@@H]1C3C5OC(C)=O. The molecule has 5 aliphatic heterocycles. The highest BCUT2D eigenvalue weighted by atomic mass is 16.5. The molecular formula is C21H24N2O3. The number of aliphatic hydroxyl groups is 1. The van der Waals surface area contributed by atoms with Crippen molar-refractivity contribution in [3.63, 3.8) is 0 Å². The third kappa shape index (κ3) is 1.47. The molecule has 5 heteroatoms. The maximum Gasteiger partial charge on any atom is 0.302 e. The smallest absolute Gasteiger partial charge is 0.302 e. The molecular weight excluding hydrogens is 328 g/mol. The summed E-state index contributed by atoms with van der Waals surface area (Å²) < 4.78 is 6.08. The highest BCUT2D eigenvalue weighted by Crippen LogP contribution is 2.68. The largest absolute Gasteiger partial charge is 0.461 e. The molecule has 6 aliphatic rings. The van der Waals surface area contributed by atoms with Gasteiger partial charge in [0.15, 0.2) is 0 Å². The van der Waals surface area contributed by atoms with Crippen LogP contribution < -0.4 is 5.32 Å². The fourth-order valence-electron chi connectivity index (χ4n) is 7.32. The molecule has 3 unspecified atom stereocenters. The van der Waals surface area contributed by atoms with Crippen LogP contribution in [0.2, 0.25) is 0 Å². The van der Waals surface area contributed by atoms with Crippen molar-refractivity contribution in [2.24, 2.45) is 11.8 Å². The van der Waals surface area contributed by atoms with Crippen LogP contribution in [0.15, 0.2) is 35.9 Å². The number of benzene rings is 1. The van der Waals surface area contributed by atoms with Crippen molar-refractivity contribution in [3.8, 4) is 0 Å². The van der Waals surface area contributed by atoms with Gasteiger partial charge >= 0.3 is 5.97 Å². The monoisotopic (exact) mass is 352 g/mol. The molecule has 1 saturated carbocycles. The van der Waals surface area contributed by atoms with Gasteiger partial charge in [-0.3, -0.25) is 9.69 Å². The van der Waals surface area contributed by atoms with Gasteiger partial charge in [0, 0.05) is 30.6 Å². The van der Waals surface area contributed by atoms with E-state index in [9.17, 15) is 9.90 Å². The minimum Gasteiger partial charge on any atom is -0.461 e. The maximum atomic E-state index is 12.1. The van der Waals surface area contributed by atoms with Gasteiger partial charge in [0.1, 0.15) is 12.3 Å². The summed E-state index contributed by atoms with van der Waals surface area (Å²) in [6, 6.07) is 9.24. The van der Waals surface area contributed by atoms with Crippen LogP contribution in [-0.4, -0.2) is 46.4 Å². The molecule has 1 aromatic rings. The lowest BCUT2D eigenvalue weighted by Gasteiger charge is -2.59. The Hall–Kier alpha value is -1.85. The summed E-state index contributed by atoms with van der Waals surface area (Å²) in [5.41, 5.74) is 3.41. The average molecular weight is 352 g/mol. The molecule has 0 aromatic heterocycles. The molecule has 0 amide bonds. The first kappa shape index (κ1) is 15.2. The summed E-state index contributed by atoms with van der Waals surface area (Å²) in [7, 11) is 0. The number of anilines is 1. The van der Waals surface area contributed by atoms with Gasteiger partial charge in [-0.25, -0.2) is 0 Å². The third-order valence-corrected chi connectivity index (χ3v) is 7.89. The second kappa shape index (κ2) is 4.70. The van der Waals surface area contributed by atoms with Crippen LogP contribution in [0.1, 0.15) is 32.3 Å². The van der Waals surface area contributed by atoms with E-state index < -0.39 is 6.23 Å². The number of fused-ring (bicyclic) bond motifs is 2. The predicted molar refractivity (Wildman–Crippen MR) is 96.5 cm³/mol. The Labute approximate surface area is 153 Å². The van der Waals surface area contributed by atoms with Gasteiger partial charge in [0.2, 0.25) is 0 Å². The van der Waals surface area contributed by atoms with Crippen LogP contribution in [0.3, 0.4) is 0 Å². The number of esters is 1. The van der Waals surface area contributed by atoms with E-state index in [1.807, 2.05) is 6.92 Å². The van der Waals surface area contributed by atoms with E-state index in [-0.39, 0.29) is 41.5 Å². The van der Waals surface area contributed by atoms with Gasteiger partial charge in [0.05, 0.1) is 11.5 Å². The van der Waals surface area contributed by atoms with Crippen molar-refractivity contribution < 1.29 is 14.6 Å². The molecule has 4 saturated heterocycles. The maximum absolute atomic E-state index is 12.1. The second-order valence-electron chi connectivity index (χ2n) is 8.61. The Morgan fingerprint density at radius 3 is 2.96 bits per heavy atom. The van der Waals surface area contributed by atoms with Gasteiger partial charge in [0.25, 0.3) is 0 Å². The fraction of sp³-hybridized carbons (Fsp3) is 0.571. The zero-order chi connectivity index (χ0) is 17.8. The number of carbonyl (C=O) groups excluding carboxylic acids is 1. The Morgan fingerprint density at radius 2 is 2.19 bits per heavy atom. The van der Waals surface area contributed by atoms with Gasteiger partial charge < -0.3 is 15.2 Å². The zero-order valence-corrected chi connectivity index (χ0v) is 15.1. The van der Waals surface area contributed by atoms with E-state index in [1.165, 1.54) is 18.2 Å². The van der Waals surface area contributed by atoms with Crippen LogP contribution in [0.4, 0.5) is 5.69 Å². The molecule has 1 aliphatic carbocycles. The highest BCUT2D eigenvalue weighted by Gasteiger charge is 2.76. The average Bonchev–Trinajstić information content (AvgIpc) is 3.08. The molecule has 9 atom stereocenters. The van der Waals surface area contributed by atoms with Crippen molar-refractivity contribution in [1.29, 1.82) is 0 Å². The van der Waals surface area contributed by atoms with Gasteiger partial charge in [-0.2, -0.15) is 0 Å². The minimum absolute atomic E-state index is 0.131. The number of rotatable bonds is 1. The zero-order valence-electron chi connectivity index (χ0n) is 15.1. The number of para-hydroxylation sites is 1. The van der Waals surface area contributed by atoms with E-state index in [0.29, 0.717) is 5.92 Å². The van der Waals surface area contributed by atoms with Crippen LogP contribution in [0.5, 0.6) is 0 Å². The number of allylic oxidation sites excluding steroid dienone is 1. The predicted octanol–water partition coefficient (Wildman–Crippen LogP) is 2.02. The lowest BCUT2D eigenvalue weighted by atomic mass is 9.65. The van der Waals surface area contributed by atoms with Gasteiger partial charge in [-0.1, -0.05) is 24.3 Å². The first-order valence-electron chi connectivity index (χ1n) is 9.73. The number of piperidine rings is 4. The first-order chi connectivity index (χ1) is 12.6. The fourth-order valence-corrected chi connectivity index (χ4v) is 7.32. The van der Waals surface area contributed by atoms with Gasteiger partial charge in [-0.15, -0.1) is 0 Å². The molecule has 136 valence electrons. The Kier molecular flexibility index (Phi) is 2.75. The number of hydrogen-bond acceptors (Lipinski definition) is 5. The topological polar surface area (TPSA) is 61.8 Å². The Morgan fingerprint density at radius 1 is 1.38 bits per heavy atom. The van der Waals surface area contributed by atoms with E-state index in [0.717, 1.165) is 18.4 Å². The number of hydrogen-bond donors (Lipinski definition) is 2. The summed E-state index contributed by atoms with van der Waals surface area (Å²) >= 11 is 0. The summed E-state index contributed by atoms with van der Waals surface area (Å²) in [4.78, 5) is 14.4. The summed E-state index contributed by atoms with van der Waals surface area (Å²) in [6.07, 6.45) is 3.43. The van der Waals surface area contributed by atoms with Crippen molar-refractivity contribution in [1.82, 2.24) is 4.90 Å². The van der Waals surface area contributed by atoms with Gasteiger partial charge in [-0.05, 0) is 42.9 Å². The first-order valence-corrected chi connectivity index (χ1v) is 9.73. The van der Waals surface area contributed by atoms with Crippen molar-refractivity contribution in [2.45, 2.75) is 62.6 Å². The molecule has 1 spiro atoms. The van der Waals surface area contributed by atoms with E-state index in [4.69, 9.17) is 4.74 Å². The third-order valence-electron chi connectivity index (χ3n) is 7.89. The van der Waals surface area contributed by atoms with Crippen LogP contribution in [0, 0.1) is 11.8 Å². The summed E-state index contributed by atoms with van der Waals surface area (Å²) in [5.74, 6) is 0.373. The number of aliphatic hydroxyl groups excluding tert-OH is 1. The van der Waals surface area contributed by atoms with Crippen molar-refractivity contribution in [2.75, 3.05) is 5.32 Å². The highest BCUT2D eigenvalue weighted by molar-refractivity contribution is 5.69. The molecule has 5 nitrogen and oxygen atoms in total. The molecule has 5 heterocycles. The minimum atomic E-state index is -0.496. The Bertz CT molecular complexity index is 851. The second-order valence-corrected chi connectivity index (χ2v) is 8.61. The summed E-state index contributed by atoms with van der Waals surface area (Å²) in [5, 5.41) is 14.8. The number of ether oxygens (including phenoxy) is 1. The number of carbonyl (C=O) groups is 1. The normalized spacial score (nSPS) is 50.5.